The minimum absolute atomic E-state index is 0.0290. The number of methoxy groups -OCH3 is 1. The third-order valence-corrected chi connectivity index (χ3v) is 4.12. The number of carbonyl (C=O) groups excluding carboxylic acids is 1. The molecule has 0 unspecified atom stereocenters. The first-order valence-electron chi connectivity index (χ1n) is 5.36. The largest absolute Gasteiger partial charge is 0.496 e. The van der Waals surface area contributed by atoms with Crippen LogP contribution >= 0.6 is 22.9 Å². The predicted octanol–water partition coefficient (Wildman–Crippen LogP) is 2.88. The van der Waals surface area contributed by atoms with Crippen molar-refractivity contribution >= 4 is 28.7 Å². The predicted molar refractivity (Wildman–Crippen MR) is 71.9 cm³/mol. The van der Waals surface area contributed by atoms with E-state index in [1.54, 1.807) is 24.9 Å². The van der Waals surface area contributed by atoms with Gasteiger partial charge in [-0.15, -0.1) is 11.3 Å². The molecule has 96 valence electrons. The van der Waals surface area contributed by atoms with Gasteiger partial charge in [-0.2, -0.15) is 5.10 Å². The summed E-state index contributed by atoms with van der Waals surface area (Å²) in [6.07, 6.45) is 0.266. The molecule has 2 aromatic rings. The number of hydrogen-bond donors (Lipinski definition) is 0. The lowest BCUT2D eigenvalue weighted by molar-refractivity contribution is 0.0996. The van der Waals surface area contributed by atoms with Crippen molar-refractivity contribution in [3.8, 4) is 5.75 Å². The van der Waals surface area contributed by atoms with E-state index in [0.717, 1.165) is 11.3 Å². The second kappa shape index (κ2) is 5.12. The number of nitrogens with zero attached hydrogens (tertiary/aromatic N) is 2. The van der Waals surface area contributed by atoms with Crippen LogP contribution in [0.5, 0.6) is 5.75 Å². The van der Waals surface area contributed by atoms with Crippen LogP contribution in [0.4, 0.5) is 0 Å². The molecule has 6 heteroatoms. The minimum Gasteiger partial charge on any atom is -0.496 e. The molecular formula is C12H13ClN2O2S. The summed E-state index contributed by atoms with van der Waals surface area (Å²) in [4.78, 5) is 12.8. The molecule has 0 saturated carbocycles. The highest BCUT2D eigenvalue weighted by atomic mass is 35.5. The Morgan fingerprint density at radius 2 is 2.33 bits per heavy atom. The summed E-state index contributed by atoms with van der Waals surface area (Å²) in [7, 11) is 3.34. The third kappa shape index (κ3) is 2.42. The zero-order chi connectivity index (χ0) is 13.3. The number of hydrogen-bond acceptors (Lipinski definition) is 4. The standard InChI is InChI=1S/C12H13ClN2O2S/c1-7-9(12(13)15(2)14-7)5-10(16)11-4-8(17-3)6-18-11/h4,6H,5H2,1-3H3. The monoisotopic (exact) mass is 284 g/mol. The fraction of sp³-hybridized carbons (Fsp3) is 0.333. The number of halogens is 1. The number of ketones is 1. The summed E-state index contributed by atoms with van der Waals surface area (Å²) in [5.41, 5.74) is 1.58. The van der Waals surface area contributed by atoms with Gasteiger partial charge in [0.2, 0.25) is 0 Å². The second-order valence-electron chi connectivity index (χ2n) is 3.93. The highest BCUT2D eigenvalue weighted by Crippen LogP contribution is 2.25. The molecule has 0 aliphatic heterocycles. The van der Waals surface area contributed by atoms with E-state index in [-0.39, 0.29) is 12.2 Å². The molecule has 2 aromatic heterocycles. The molecule has 0 radical (unpaired) electrons. The molecule has 2 heterocycles. The molecule has 0 bridgehead atoms. The highest BCUT2D eigenvalue weighted by molar-refractivity contribution is 7.12. The summed E-state index contributed by atoms with van der Waals surface area (Å²) < 4.78 is 6.64. The van der Waals surface area contributed by atoms with E-state index in [2.05, 4.69) is 5.10 Å². The van der Waals surface area contributed by atoms with Crippen molar-refractivity contribution in [2.24, 2.45) is 7.05 Å². The Morgan fingerprint density at radius 1 is 1.61 bits per heavy atom. The first kappa shape index (κ1) is 13.1. The van der Waals surface area contributed by atoms with E-state index in [1.165, 1.54) is 11.3 Å². The number of aromatic nitrogens is 2. The normalized spacial score (nSPS) is 10.7. The second-order valence-corrected chi connectivity index (χ2v) is 5.20. The van der Waals surface area contributed by atoms with Crippen LogP contribution in [0.1, 0.15) is 20.9 Å². The van der Waals surface area contributed by atoms with Gasteiger partial charge in [-0.3, -0.25) is 9.48 Å². The van der Waals surface area contributed by atoms with Gasteiger partial charge in [0.25, 0.3) is 0 Å². The Balaban J connectivity index is 2.21. The number of ether oxygens (including phenoxy) is 1. The van der Waals surface area contributed by atoms with Crippen LogP contribution in [0.2, 0.25) is 5.15 Å². The van der Waals surface area contributed by atoms with Crippen LogP contribution in [-0.4, -0.2) is 22.7 Å². The van der Waals surface area contributed by atoms with E-state index < -0.39 is 0 Å². The van der Waals surface area contributed by atoms with Crippen molar-refractivity contribution in [3.05, 3.63) is 32.7 Å². The molecule has 0 atom stereocenters. The van der Waals surface area contributed by atoms with Gasteiger partial charge in [0.1, 0.15) is 10.9 Å². The molecule has 0 aliphatic carbocycles. The smallest absolute Gasteiger partial charge is 0.177 e. The maximum atomic E-state index is 12.1. The zero-order valence-corrected chi connectivity index (χ0v) is 11.9. The zero-order valence-electron chi connectivity index (χ0n) is 10.4. The number of thiophene rings is 1. The quantitative estimate of drug-likeness (QED) is 0.811. The average molecular weight is 285 g/mol. The topological polar surface area (TPSA) is 44.1 Å². The van der Waals surface area contributed by atoms with E-state index >= 15 is 0 Å². The van der Waals surface area contributed by atoms with Crippen LogP contribution in [0.15, 0.2) is 11.4 Å². The summed E-state index contributed by atoms with van der Waals surface area (Å²) in [6, 6.07) is 1.74. The SMILES string of the molecule is COc1csc(C(=O)Cc2c(C)nn(C)c2Cl)c1. The number of carbonyl (C=O) groups is 1. The maximum Gasteiger partial charge on any atom is 0.177 e. The lowest BCUT2D eigenvalue weighted by atomic mass is 10.1. The third-order valence-electron chi connectivity index (χ3n) is 2.69. The van der Waals surface area contributed by atoms with Crippen LogP contribution in [0.3, 0.4) is 0 Å². The molecule has 0 amide bonds. The van der Waals surface area contributed by atoms with E-state index in [0.29, 0.717) is 15.8 Å². The first-order valence-corrected chi connectivity index (χ1v) is 6.62. The molecule has 2 rings (SSSR count). The Morgan fingerprint density at radius 3 is 2.83 bits per heavy atom. The van der Waals surface area contributed by atoms with Gasteiger partial charge in [0.15, 0.2) is 5.78 Å². The van der Waals surface area contributed by atoms with Gasteiger partial charge in [-0.05, 0) is 6.92 Å². The average Bonchev–Trinajstić information content (AvgIpc) is 2.90. The van der Waals surface area contributed by atoms with Crippen LogP contribution in [0, 0.1) is 6.92 Å². The van der Waals surface area contributed by atoms with Crippen molar-refractivity contribution < 1.29 is 9.53 Å². The molecule has 0 aliphatic rings. The molecule has 18 heavy (non-hydrogen) atoms. The number of Topliss-reactive ketones (excluding diaryl/α,β-unsaturated/α-hetero) is 1. The Kier molecular flexibility index (Phi) is 3.73. The lowest BCUT2D eigenvalue weighted by Gasteiger charge is -1.98. The van der Waals surface area contributed by atoms with Gasteiger partial charge in [0, 0.05) is 30.5 Å². The van der Waals surface area contributed by atoms with E-state index in [4.69, 9.17) is 16.3 Å². The van der Waals surface area contributed by atoms with Crippen molar-refractivity contribution in [2.45, 2.75) is 13.3 Å². The molecule has 0 N–H and O–H groups in total. The molecule has 4 nitrogen and oxygen atoms in total. The van der Waals surface area contributed by atoms with Gasteiger partial charge in [-0.1, -0.05) is 11.6 Å². The Labute approximate surface area is 114 Å². The fourth-order valence-electron chi connectivity index (χ4n) is 1.69. The highest BCUT2D eigenvalue weighted by Gasteiger charge is 2.17. The van der Waals surface area contributed by atoms with Gasteiger partial charge in [0.05, 0.1) is 17.7 Å². The van der Waals surface area contributed by atoms with Crippen LogP contribution in [-0.2, 0) is 13.5 Å². The Hall–Kier alpha value is -1.33. The number of rotatable bonds is 4. The summed E-state index contributed by atoms with van der Waals surface area (Å²) in [5.74, 6) is 0.735. The van der Waals surface area contributed by atoms with Crippen molar-refractivity contribution in [1.82, 2.24) is 9.78 Å². The number of aryl methyl sites for hydroxylation is 2. The van der Waals surface area contributed by atoms with Crippen molar-refractivity contribution in [2.75, 3.05) is 7.11 Å². The fourth-order valence-corrected chi connectivity index (χ4v) is 2.73. The first-order chi connectivity index (χ1) is 8.52. The Bertz CT molecular complexity index is 589. The summed E-state index contributed by atoms with van der Waals surface area (Å²) in [6.45, 7) is 1.85. The summed E-state index contributed by atoms with van der Waals surface area (Å²) in [5, 5.41) is 6.52. The molecule has 0 aromatic carbocycles. The van der Waals surface area contributed by atoms with Crippen molar-refractivity contribution in [1.29, 1.82) is 0 Å². The van der Waals surface area contributed by atoms with Crippen LogP contribution in [0.25, 0.3) is 0 Å². The van der Waals surface area contributed by atoms with E-state index in [1.807, 2.05) is 12.3 Å². The molecule has 0 saturated heterocycles. The van der Waals surface area contributed by atoms with Crippen molar-refractivity contribution in [3.63, 3.8) is 0 Å². The minimum atomic E-state index is 0.0290. The van der Waals surface area contributed by atoms with E-state index in [9.17, 15) is 4.79 Å². The summed E-state index contributed by atoms with van der Waals surface area (Å²) >= 11 is 7.48. The van der Waals surface area contributed by atoms with Gasteiger partial charge in [-0.25, -0.2) is 0 Å². The molecule has 0 fully saturated rings. The van der Waals surface area contributed by atoms with Gasteiger partial charge >= 0.3 is 0 Å². The van der Waals surface area contributed by atoms with Gasteiger partial charge < -0.3 is 4.74 Å². The molecular weight excluding hydrogens is 272 g/mol. The lowest BCUT2D eigenvalue weighted by Crippen LogP contribution is -2.02. The molecule has 0 spiro atoms. The maximum absolute atomic E-state index is 12.1. The van der Waals surface area contributed by atoms with Crippen LogP contribution < -0.4 is 4.74 Å².